The molecule has 0 radical (unpaired) electrons. The molecule has 35 heavy (non-hydrogen) atoms. The van der Waals surface area contributed by atoms with Crippen molar-refractivity contribution in [3.05, 3.63) is 0 Å². The molecule has 4 aliphatic rings. The fraction of sp³-hybridized carbons (Fsp3) is 0.857. The molecule has 4 fully saturated rings. The zero-order valence-corrected chi connectivity index (χ0v) is 21.7. The van der Waals surface area contributed by atoms with Gasteiger partial charge in [-0.2, -0.15) is 0 Å². The van der Waals surface area contributed by atoms with E-state index >= 15 is 0 Å². The van der Waals surface area contributed by atoms with E-state index in [-0.39, 0.29) is 47.6 Å². The number of ether oxygens (including phenoxy) is 2. The first-order valence-corrected chi connectivity index (χ1v) is 13.5. The van der Waals surface area contributed by atoms with Crippen LogP contribution in [0.15, 0.2) is 0 Å². The Morgan fingerprint density at radius 1 is 1.03 bits per heavy atom. The molecule has 4 aliphatic carbocycles. The highest BCUT2D eigenvalue weighted by atomic mass is 16.5. The van der Waals surface area contributed by atoms with Crippen molar-refractivity contribution in [1.29, 1.82) is 0 Å². The molecule has 4 saturated carbocycles. The van der Waals surface area contributed by atoms with Crippen molar-refractivity contribution in [2.24, 2.45) is 46.3 Å². The van der Waals surface area contributed by atoms with Crippen molar-refractivity contribution >= 4 is 23.7 Å². The van der Waals surface area contributed by atoms with Crippen molar-refractivity contribution < 1.29 is 33.8 Å². The molecule has 0 aliphatic heterocycles. The lowest BCUT2D eigenvalue weighted by Gasteiger charge is -2.60. The third kappa shape index (κ3) is 4.64. The maximum absolute atomic E-state index is 13.8. The number of aliphatic carboxylic acids is 1. The Hall–Kier alpha value is -1.92. The van der Waals surface area contributed by atoms with E-state index in [1.54, 1.807) is 0 Å². The quantitative estimate of drug-likeness (QED) is 0.511. The van der Waals surface area contributed by atoms with Gasteiger partial charge in [-0.1, -0.05) is 20.8 Å². The van der Waals surface area contributed by atoms with E-state index in [2.05, 4.69) is 20.8 Å². The number of carbonyl (C=O) groups is 4. The molecule has 0 saturated heterocycles. The van der Waals surface area contributed by atoms with Crippen LogP contribution in [0.5, 0.6) is 0 Å². The molecule has 0 aromatic rings. The Labute approximate surface area is 208 Å². The number of hydrogen-bond acceptors (Lipinski definition) is 6. The highest BCUT2D eigenvalue weighted by Gasteiger charge is 2.64. The first-order chi connectivity index (χ1) is 16.5. The van der Waals surface area contributed by atoms with Gasteiger partial charge in [-0.15, -0.1) is 0 Å². The highest BCUT2D eigenvalue weighted by Crippen LogP contribution is 2.67. The normalized spacial score (nSPS) is 41.2. The number of fused-ring (bicyclic) bond motifs is 5. The fourth-order valence-corrected chi connectivity index (χ4v) is 8.92. The molecule has 7 nitrogen and oxygen atoms in total. The van der Waals surface area contributed by atoms with Crippen LogP contribution in [0.4, 0.5) is 0 Å². The number of Topliss-reactive ketones (excluding diaryl/α,β-unsaturated/α-hetero) is 1. The lowest BCUT2D eigenvalue weighted by molar-refractivity contribution is -0.169. The molecule has 7 heteroatoms. The summed E-state index contributed by atoms with van der Waals surface area (Å²) in [7, 11) is 1.43. The summed E-state index contributed by atoms with van der Waals surface area (Å²) in [5.41, 5.74) is -0.283. The number of esters is 2. The molecule has 0 spiro atoms. The van der Waals surface area contributed by atoms with Gasteiger partial charge in [-0.25, -0.2) is 0 Å². The molecule has 0 heterocycles. The maximum Gasteiger partial charge on any atom is 0.306 e. The van der Waals surface area contributed by atoms with Crippen LogP contribution in [-0.2, 0) is 28.7 Å². The summed E-state index contributed by atoms with van der Waals surface area (Å²) in [4.78, 5) is 48.6. The van der Waals surface area contributed by atoms with Gasteiger partial charge in [0.05, 0.1) is 20.0 Å². The van der Waals surface area contributed by atoms with E-state index in [9.17, 15) is 19.2 Å². The van der Waals surface area contributed by atoms with Gasteiger partial charge in [0.2, 0.25) is 0 Å². The van der Waals surface area contributed by atoms with E-state index in [1.807, 2.05) is 0 Å². The van der Waals surface area contributed by atoms with E-state index in [1.165, 1.54) is 7.11 Å². The molecule has 0 aromatic heterocycles. The topological polar surface area (TPSA) is 107 Å². The predicted octanol–water partition coefficient (Wildman–Crippen LogP) is 4.80. The molecule has 0 aromatic carbocycles. The third-order valence-corrected chi connectivity index (χ3v) is 10.8. The zero-order chi connectivity index (χ0) is 25.5. The molecule has 9 atom stereocenters. The Morgan fingerprint density at radius 2 is 1.77 bits per heavy atom. The van der Waals surface area contributed by atoms with E-state index in [0.717, 1.165) is 44.9 Å². The van der Waals surface area contributed by atoms with Gasteiger partial charge in [0, 0.05) is 18.3 Å². The molecule has 0 bridgehead atoms. The summed E-state index contributed by atoms with van der Waals surface area (Å²) < 4.78 is 10.6. The van der Waals surface area contributed by atoms with Gasteiger partial charge in [-0.3, -0.25) is 19.2 Å². The molecule has 1 N–H and O–H groups in total. The first-order valence-electron chi connectivity index (χ1n) is 13.5. The van der Waals surface area contributed by atoms with Gasteiger partial charge < -0.3 is 14.6 Å². The third-order valence-electron chi connectivity index (χ3n) is 10.8. The Bertz CT molecular complexity index is 867. The lowest BCUT2D eigenvalue weighted by Crippen LogP contribution is -2.57. The Morgan fingerprint density at radius 3 is 2.46 bits per heavy atom. The fourth-order valence-electron chi connectivity index (χ4n) is 8.92. The zero-order valence-electron chi connectivity index (χ0n) is 21.7. The number of ketones is 1. The van der Waals surface area contributed by atoms with E-state index in [4.69, 9.17) is 14.6 Å². The van der Waals surface area contributed by atoms with Crippen LogP contribution < -0.4 is 0 Å². The standard InChI is InChI=1S/C28H42O7/c1-16(13-26(33)34-4)20-7-8-21-19-6-5-17-14-18(35-25(32)10-9-24(30)31)11-12-27(17,2)22(19)15-23(29)28(20,21)3/h16-22H,5-15H2,1-4H3,(H,30,31). The van der Waals surface area contributed by atoms with Gasteiger partial charge in [0.15, 0.2) is 0 Å². The van der Waals surface area contributed by atoms with Gasteiger partial charge >= 0.3 is 17.9 Å². The second kappa shape index (κ2) is 9.85. The van der Waals surface area contributed by atoms with Crippen molar-refractivity contribution in [3.8, 4) is 0 Å². The minimum absolute atomic E-state index is 0.0690. The van der Waals surface area contributed by atoms with E-state index < -0.39 is 11.9 Å². The number of hydrogen-bond donors (Lipinski definition) is 1. The lowest BCUT2D eigenvalue weighted by atomic mass is 9.44. The van der Waals surface area contributed by atoms with Crippen LogP contribution in [0.25, 0.3) is 0 Å². The van der Waals surface area contributed by atoms with Crippen LogP contribution in [-0.4, -0.2) is 42.0 Å². The van der Waals surface area contributed by atoms with Crippen molar-refractivity contribution in [3.63, 3.8) is 0 Å². The highest BCUT2D eigenvalue weighted by molar-refractivity contribution is 5.87. The van der Waals surface area contributed by atoms with Crippen LogP contribution >= 0.6 is 0 Å². The van der Waals surface area contributed by atoms with Crippen molar-refractivity contribution in [1.82, 2.24) is 0 Å². The molecular weight excluding hydrogens is 448 g/mol. The second-order valence-electron chi connectivity index (χ2n) is 12.3. The summed E-state index contributed by atoms with van der Waals surface area (Å²) >= 11 is 0. The average molecular weight is 491 g/mol. The smallest absolute Gasteiger partial charge is 0.306 e. The summed E-state index contributed by atoms with van der Waals surface area (Å²) in [5, 5.41) is 8.81. The predicted molar refractivity (Wildman–Crippen MR) is 128 cm³/mol. The summed E-state index contributed by atoms with van der Waals surface area (Å²) in [6, 6.07) is 0. The molecule has 0 amide bonds. The minimum atomic E-state index is -0.987. The van der Waals surface area contributed by atoms with Gasteiger partial charge in [0.1, 0.15) is 11.9 Å². The monoisotopic (exact) mass is 490 g/mol. The second-order valence-corrected chi connectivity index (χ2v) is 12.3. The molecule has 9 unspecified atom stereocenters. The largest absolute Gasteiger partial charge is 0.481 e. The molecule has 196 valence electrons. The van der Waals surface area contributed by atoms with Gasteiger partial charge in [-0.05, 0) is 85.9 Å². The van der Waals surface area contributed by atoms with Crippen molar-refractivity contribution in [2.75, 3.05) is 7.11 Å². The van der Waals surface area contributed by atoms with Crippen LogP contribution in [0.1, 0.15) is 91.4 Å². The van der Waals surface area contributed by atoms with Crippen molar-refractivity contribution in [2.45, 2.75) is 97.5 Å². The Kier molecular flexibility index (Phi) is 7.36. The number of carboxylic acids is 1. The minimum Gasteiger partial charge on any atom is -0.481 e. The first kappa shape index (κ1) is 26.2. The number of carbonyl (C=O) groups excluding carboxylic acids is 3. The molecular formula is C28H42O7. The average Bonchev–Trinajstić information content (AvgIpc) is 3.17. The number of methoxy groups -OCH3 is 1. The molecule has 4 rings (SSSR count). The summed E-state index contributed by atoms with van der Waals surface area (Å²) in [5.74, 6) is 0.837. The van der Waals surface area contributed by atoms with Crippen LogP contribution in [0.2, 0.25) is 0 Å². The van der Waals surface area contributed by atoms with E-state index in [0.29, 0.717) is 42.3 Å². The maximum atomic E-state index is 13.8. The van der Waals surface area contributed by atoms with Crippen LogP contribution in [0, 0.1) is 46.3 Å². The summed E-state index contributed by atoms with van der Waals surface area (Å²) in [6.07, 6.45) is 7.36. The van der Waals surface area contributed by atoms with Gasteiger partial charge in [0.25, 0.3) is 0 Å². The number of carboxylic acid groups (broad SMARTS) is 1. The number of rotatable bonds is 7. The Balaban J connectivity index is 1.45. The summed E-state index contributed by atoms with van der Waals surface area (Å²) in [6.45, 7) is 6.65. The van der Waals surface area contributed by atoms with Crippen LogP contribution in [0.3, 0.4) is 0 Å². The SMILES string of the molecule is COC(=O)CC(C)C1CCC2C3CCC4CC(OC(=O)CCC(=O)O)CCC4(C)C3CC(=O)C12C.